The van der Waals surface area contributed by atoms with Crippen LogP contribution in [0, 0.1) is 6.92 Å². The topological polar surface area (TPSA) is 90.9 Å². The number of aliphatic hydroxyl groups is 1. The highest BCUT2D eigenvalue weighted by Gasteiger charge is 2.50. The molecule has 1 atom stereocenters. The first-order valence-electron chi connectivity index (χ1n) is 11.8. The summed E-state index contributed by atoms with van der Waals surface area (Å²) in [5, 5.41) is 15.8. The van der Waals surface area contributed by atoms with E-state index in [0.29, 0.717) is 42.9 Å². The summed E-state index contributed by atoms with van der Waals surface area (Å²) in [4.78, 5) is 29.2. The van der Waals surface area contributed by atoms with Gasteiger partial charge in [0.05, 0.1) is 13.2 Å². The van der Waals surface area contributed by atoms with E-state index in [9.17, 15) is 14.7 Å². The lowest BCUT2D eigenvalue weighted by molar-refractivity contribution is -0.129. The van der Waals surface area contributed by atoms with Crippen molar-refractivity contribution < 1.29 is 19.4 Å². The number of fused-ring (bicyclic) bond motifs is 1. The highest BCUT2D eigenvalue weighted by Crippen LogP contribution is 2.42. The second-order valence-corrected chi connectivity index (χ2v) is 10.2. The van der Waals surface area contributed by atoms with Gasteiger partial charge < -0.3 is 25.4 Å². The Hall–Kier alpha value is -2.58. The molecule has 4 rings (SSSR count). The van der Waals surface area contributed by atoms with Crippen LogP contribution in [0.15, 0.2) is 34.8 Å². The molecule has 1 saturated carbocycles. The fourth-order valence-corrected chi connectivity index (χ4v) is 5.56. The average molecular weight is 530 g/mol. The molecule has 7 nitrogen and oxygen atoms in total. The summed E-state index contributed by atoms with van der Waals surface area (Å²) in [7, 11) is 1.61. The van der Waals surface area contributed by atoms with Crippen molar-refractivity contribution in [2.45, 2.75) is 64.1 Å². The SMILES string of the molecule is COc1cc(NC(=O)C2(N3Cc4c(Br)cc(NCC(C)O)cc4C3=O)CCCCC2)ccc1C. The Morgan fingerprint density at radius 3 is 2.62 bits per heavy atom. The number of methoxy groups -OCH3 is 1. The van der Waals surface area contributed by atoms with Crippen LogP contribution >= 0.6 is 15.9 Å². The molecule has 2 aliphatic rings. The van der Waals surface area contributed by atoms with Crippen LogP contribution in [0.4, 0.5) is 11.4 Å². The van der Waals surface area contributed by atoms with E-state index in [1.54, 1.807) is 18.9 Å². The first-order valence-corrected chi connectivity index (χ1v) is 12.6. The van der Waals surface area contributed by atoms with Gasteiger partial charge in [-0.2, -0.15) is 0 Å². The van der Waals surface area contributed by atoms with Crippen molar-refractivity contribution in [3.63, 3.8) is 0 Å². The molecule has 182 valence electrons. The van der Waals surface area contributed by atoms with Gasteiger partial charge in [-0.25, -0.2) is 0 Å². The van der Waals surface area contributed by atoms with E-state index < -0.39 is 11.6 Å². The number of amides is 2. The van der Waals surface area contributed by atoms with Gasteiger partial charge in [0.2, 0.25) is 5.91 Å². The number of hydrogen-bond acceptors (Lipinski definition) is 5. The zero-order valence-corrected chi connectivity index (χ0v) is 21.5. The first-order chi connectivity index (χ1) is 16.2. The molecular formula is C26H32BrN3O4. The van der Waals surface area contributed by atoms with Gasteiger partial charge in [0.1, 0.15) is 11.3 Å². The lowest BCUT2D eigenvalue weighted by Gasteiger charge is -2.43. The van der Waals surface area contributed by atoms with Gasteiger partial charge in [-0.15, -0.1) is 0 Å². The van der Waals surface area contributed by atoms with Crippen LogP contribution in [-0.2, 0) is 11.3 Å². The summed E-state index contributed by atoms with van der Waals surface area (Å²) in [5.74, 6) is 0.430. The molecule has 1 aliphatic carbocycles. The third kappa shape index (κ3) is 4.66. The number of carbonyl (C=O) groups excluding carboxylic acids is 2. The van der Waals surface area contributed by atoms with Gasteiger partial charge in [0.25, 0.3) is 5.91 Å². The summed E-state index contributed by atoms with van der Waals surface area (Å²) in [6.45, 7) is 4.43. The number of carbonyl (C=O) groups is 2. The molecule has 1 heterocycles. The molecule has 0 bridgehead atoms. The van der Waals surface area contributed by atoms with Gasteiger partial charge in [-0.1, -0.05) is 41.3 Å². The van der Waals surface area contributed by atoms with Crippen LogP contribution < -0.4 is 15.4 Å². The average Bonchev–Trinajstić information content (AvgIpc) is 3.16. The van der Waals surface area contributed by atoms with Crippen molar-refractivity contribution in [3.05, 3.63) is 51.5 Å². The summed E-state index contributed by atoms with van der Waals surface area (Å²) in [5.41, 5.74) is 2.99. The Labute approximate surface area is 209 Å². The van der Waals surface area contributed by atoms with Crippen molar-refractivity contribution in [1.82, 2.24) is 4.90 Å². The maximum atomic E-state index is 13.8. The van der Waals surface area contributed by atoms with Crippen molar-refractivity contribution >= 4 is 39.1 Å². The fraction of sp³-hybridized carbons (Fsp3) is 0.462. The highest BCUT2D eigenvalue weighted by molar-refractivity contribution is 9.10. The molecule has 0 spiro atoms. The van der Waals surface area contributed by atoms with E-state index in [2.05, 4.69) is 26.6 Å². The molecular weight excluding hydrogens is 498 g/mol. The number of aliphatic hydroxyl groups excluding tert-OH is 1. The van der Waals surface area contributed by atoms with E-state index in [4.69, 9.17) is 4.74 Å². The van der Waals surface area contributed by atoms with Crippen LogP contribution in [0.1, 0.15) is 60.5 Å². The van der Waals surface area contributed by atoms with E-state index >= 15 is 0 Å². The Bertz CT molecular complexity index is 1100. The monoisotopic (exact) mass is 529 g/mol. The number of nitrogens with zero attached hydrogens (tertiary/aromatic N) is 1. The maximum absolute atomic E-state index is 13.8. The minimum Gasteiger partial charge on any atom is -0.496 e. The standard InChI is InChI=1S/C26H32BrN3O4/c1-16-7-8-18(13-23(16)34-3)29-25(33)26(9-5-4-6-10-26)30-15-21-20(24(30)32)11-19(12-22(21)27)28-14-17(2)31/h7-8,11-13,17,28,31H,4-6,9-10,14-15H2,1-3H3,(H,29,33). The first kappa shape index (κ1) is 24.5. The zero-order chi connectivity index (χ0) is 24.5. The van der Waals surface area contributed by atoms with Gasteiger partial charge in [0, 0.05) is 40.6 Å². The van der Waals surface area contributed by atoms with E-state index in [1.807, 2.05) is 37.3 Å². The molecule has 1 aliphatic heterocycles. The molecule has 34 heavy (non-hydrogen) atoms. The van der Waals surface area contributed by atoms with Crippen LogP contribution in [0.2, 0.25) is 0 Å². The van der Waals surface area contributed by atoms with Crippen molar-refractivity contribution in [1.29, 1.82) is 0 Å². The number of anilines is 2. The van der Waals surface area contributed by atoms with Gasteiger partial charge >= 0.3 is 0 Å². The lowest BCUT2D eigenvalue weighted by atomic mass is 9.79. The number of halogens is 1. The highest BCUT2D eigenvalue weighted by atomic mass is 79.9. The molecule has 2 aromatic carbocycles. The second kappa shape index (κ2) is 9.96. The van der Waals surface area contributed by atoms with Crippen LogP contribution in [0.25, 0.3) is 0 Å². The molecule has 2 amide bonds. The third-order valence-corrected chi connectivity index (χ3v) is 7.58. The fourth-order valence-electron chi connectivity index (χ4n) is 4.98. The van der Waals surface area contributed by atoms with E-state index in [0.717, 1.165) is 40.5 Å². The van der Waals surface area contributed by atoms with E-state index in [1.165, 1.54) is 0 Å². The predicted molar refractivity (Wildman–Crippen MR) is 136 cm³/mol. The normalized spacial score (nSPS) is 17.8. The molecule has 0 saturated heterocycles. The van der Waals surface area contributed by atoms with Crippen LogP contribution in [0.3, 0.4) is 0 Å². The molecule has 1 unspecified atom stereocenters. The minimum atomic E-state index is -0.904. The Kier molecular flexibility index (Phi) is 7.19. The summed E-state index contributed by atoms with van der Waals surface area (Å²) >= 11 is 3.62. The number of aryl methyl sites for hydroxylation is 1. The number of nitrogens with one attached hydrogen (secondary N) is 2. The van der Waals surface area contributed by atoms with Gasteiger partial charge in [-0.05, 0) is 56.0 Å². The third-order valence-electron chi connectivity index (χ3n) is 6.87. The smallest absolute Gasteiger partial charge is 0.255 e. The molecule has 2 aromatic rings. The van der Waals surface area contributed by atoms with Crippen molar-refractivity contribution in [2.75, 3.05) is 24.3 Å². The molecule has 0 aromatic heterocycles. The molecule has 1 fully saturated rings. The van der Waals surface area contributed by atoms with Crippen LogP contribution in [-0.4, -0.2) is 47.1 Å². The number of benzene rings is 2. The zero-order valence-electron chi connectivity index (χ0n) is 19.9. The number of rotatable bonds is 7. The minimum absolute atomic E-state index is 0.130. The summed E-state index contributed by atoms with van der Waals surface area (Å²) in [6.07, 6.45) is 3.60. The Morgan fingerprint density at radius 2 is 1.94 bits per heavy atom. The number of ether oxygens (including phenoxy) is 1. The van der Waals surface area contributed by atoms with Crippen molar-refractivity contribution in [2.24, 2.45) is 0 Å². The van der Waals surface area contributed by atoms with Crippen molar-refractivity contribution in [3.8, 4) is 5.75 Å². The van der Waals surface area contributed by atoms with E-state index in [-0.39, 0.29) is 11.8 Å². The number of hydrogen-bond donors (Lipinski definition) is 3. The Balaban J connectivity index is 1.63. The predicted octanol–water partition coefficient (Wildman–Crippen LogP) is 4.86. The summed E-state index contributed by atoms with van der Waals surface area (Å²) < 4.78 is 6.24. The second-order valence-electron chi connectivity index (χ2n) is 9.34. The van der Waals surface area contributed by atoms with Crippen LogP contribution in [0.5, 0.6) is 5.75 Å². The molecule has 3 N–H and O–H groups in total. The quantitative estimate of drug-likeness (QED) is 0.476. The summed E-state index contributed by atoms with van der Waals surface area (Å²) in [6, 6.07) is 9.34. The Morgan fingerprint density at radius 1 is 1.21 bits per heavy atom. The maximum Gasteiger partial charge on any atom is 0.255 e. The lowest BCUT2D eigenvalue weighted by Crippen LogP contribution is -2.58. The van der Waals surface area contributed by atoms with Gasteiger partial charge in [-0.3, -0.25) is 9.59 Å². The molecule has 8 heteroatoms. The largest absolute Gasteiger partial charge is 0.496 e. The van der Waals surface area contributed by atoms with Gasteiger partial charge in [0.15, 0.2) is 0 Å². The molecule has 0 radical (unpaired) electrons.